The summed E-state index contributed by atoms with van der Waals surface area (Å²) in [4.78, 5) is 48.5. The third kappa shape index (κ3) is 4.21. The van der Waals surface area contributed by atoms with Crippen LogP contribution in [0.2, 0.25) is 0 Å². The van der Waals surface area contributed by atoms with E-state index in [2.05, 4.69) is 5.32 Å². The SMILES string of the molecule is COC1CCC2(CC1)Cc1ccc(C(=O)N3CCCC3)cc1C21N=C(NC(=O)OC(C)(C)C)N(C)C1=O. The summed E-state index contributed by atoms with van der Waals surface area (Å²) < 4.78 is 11.1. The number of benzene rings is 1. The molecule has 1 saturated carbocycles. The zero-order valence-corrected chi connectivity index (χ0v) is 22.6. The van der Waals surface area contributed by atoms with E-state index >= 15 is 0 Å². The fourth-order valence-corrected chi connectivity index (χ4v) is 6.65. The van der Waals surface area contributed by atoms with Crippen LogP contribution in [0.25, 0.3) is 0 Å². The number of aliphatic imine (C=N–C) groups is 1. The van der Waals surface area contributed by atoms with E-state index in [0.29, 0.717) is 12.0 Å². The van der Waals surface area contributed by atoms with E-state index in [1.165, 1.54) is 4.90 Å². The molecule has 2 spiro atoms. The Bertz CT molecular complexity index is 1140. The summed E-state index contributed by atoms with van der Waals surface area (Å²) in [6.07, 6.45) is 5.39. The first kappa shape index (κ1) is 25.7. The van der Waals surface area contributed by atoms with Gasteiger partial charge in [0.1, 0.15) is 5.60 Å². The van der Waals surface area contributed by atoms with E-state index in [1.807, 2.05) is 23.1 Å². The van der Waals surface area contributed by atoms with Gasteiger partial charge in [-0.1, -0.05) is 6.07 Å². The van der Waals surface area contributed by atoms with Gasteiger partial charge in [-0.25, -0.2) is 9.79 Å². The van der Waals surface area contributed by atoms with Crippen LogP contribution < -0.4 is 5.32 Å². The Morgan fingerprint density at radius 3 is 2.43 bits per heavy atom. The lowest BCUT2D eigenvalue weighted by Crippen LogP contribution is -2.51. The van der Waals surface area contributed by atoms with Crippen molar-refractivity contribution in [2.24, 2.45) is 10.4 Å². The van der Waals surface area contributed by atoms with Crippen LogP contribution in [0.3, 0.4) is 0 Å². The molecule has 1 unspecified atom stereocenters. The summed E-state index contributed by atoms with van der Waals surface area (Å²) in [5.41, 5.74) is 0.0590. The predicted molar refractivity (Wildman–Crippen MR) is 138 cm³/mol. The molecule has 1 aromatic carbocycles. The van der Waals surface area contributed by atoms with Crippen molar-refractivity contribution in [3.63, 3.8) is 0 Å². The van der Waals surface area contributed by atoms with Gasteiger partial charge in [0.15, 0.2) is 5.54 Å². The highest BCUT2D eigenvalue weighted by molar-refractivity contribution is 6.12. The van der Waals surface area contributed by atoms with Crippen molar-refractivity contribution in [3.05, 3.63) is 34.9 Å². The van der Waals surface area contributed by atoms with Gasteiger partial charge in [0.25, 0.3) is 11.8 Å². The molecule has 5 rings (SSSR count). The van der Waals surface area contributed by atoms with E-state index in [9.17, 15) is 14.4 Å². The largest absolute Gasteiger partial charge is 0.444 e. The van der Waals surface area contributed by atoms with Gasteiger partial charge in [0, 0.05) is 38.2 Å². The quantitative estimate of drug-likeness (QED) is 0.655. The molecule has 9 heteroatoms. The average molecular weight is 511 g/mol. The molecule has 2 heterocycles. The number of likely N-dealkylation sites (tertiary alicyclic amines) is 1. The minimum absolute atomic E-state index is 0.00521. The van der Waals surface area contributed by atoms with Gasteiger partial charge in [-0.3, -0.25) is 19.8 Å². The number of nitrogens with zero attached hydrogens (tertiary/aromatic N) is 3. The van der Waals surface area contributed by atoms with Gasteiger partial charge in [-0.2, -0.15) is 0 Å². The van der Waals surface area contributed by atoms with Crippen LogP contribution in [0.4, 0.5) is 4.79 Å². The third-order valence-corrected chi connectivity index (χ3v) is 8.48. The van der Waals surface area contributed by atoms with Crippen LogP contribution in [0, 0.1) is 5.41 Å². The molecule has 2 aliphatic carbocycles. The lowest BCUT2D eigenvalue weighted by molar-refractivity contribution is -0.137. The average Bonchev–Trinajstić information content (AvgIpc) is 3.53. The Balaban J connectivity index is 1.58. The maximum absolute atomic E-state index is 14.2. The summed E-state index contributed by atoms with van der Waals surface area (Å²) in [6, 6.07) is 5.78. The normalized spacial score (nSPS) is 29.2. The molecule has 1 N–H and O–H groups in total. The lowest BCUT2D eigenvalue weighted by Gasteiger charge is -2.45. The maximum Gasteiger partial charge on any atom is 0.414 e. The second kappa shape index (κ2) is 9.11. The van der Waals surface area contributed by atoms with Crippen molar-refractivity contribution in [1.29, 1.82) is 0 Å². The molecule has 200 valence electrons. The number of rotatable bonds is 2. The van der Waals surface area contributed by atoms with Crippen molar-refractivity contribution < 1.29 is 23.9 Å². The number of alkyl carbamates (subject to hydrolysis) is 1. The molecule has 9 nitrogen and oxygen atoms in total. The molecule has 4 aliphatic rings. The number of hydrogen-bond donors (Lipinski definition) is 1. The number of fused-ring (bicyclic) bond motifs is 3. The third-order valence-electron chi connectivity index (χ3n) is 8.48. The van der Waals surface area contributed by atoms with E-state index in [0.717, 1.165) is 62.7 Å². The highest BCUT2D eigenvalue weighted by atomic mass is 16.6. The Hall–Kier alpha value is -2.94. The maximum atomic E-state index is 14.2. The first-order chi connectivity index (χ1) is 17.5. The topological polar surface area (TPSA) is 101 Å². The Morgan fingerprint density at radius 2 is 1.81 bits per heavy atom. The first-order valence-electron chi connectivity index (χ1n) is 13.3. The molecule has 2 aliphatic heterocycles. The molecular weight excluding hydrogens is 472 g/mol. The van der Waals surface area contributed by atoms with Crippen LogP contribution in [-0.4, -0.2) is 72.6 Å². The van der Waals surface area contributed by atoms with Crippen LogP contribution in [0.1, 0.15) is 80.8 Å². The smallest absolute Gasteiger partial charge is 0.414 e. The number of amides is 3. The van der Waals surface area contributed by atoms with Crippen LogP contribution in [0.5, 0.6) is 0 Å². The zero-order valence-electron chi connectivity index (χ0n) is 22.6. The molecule has 0 bridgehead atoms. The molecule has 0 aromatic heterocycles. The van der Waals surface area contributed by atoms with Crippen molar-refractivity contribution >= 4 is 23.9 Å². The van der Waals surface area contributed by atoms with Gasteiger partial charge >= 0.3 is 6.09 Å². The second-order valence-electron chi connectivity index (χ2n) is 11.9. The van der Waals surface area contributed by atoms with E-state index in [1.54, 1.807) is 34.9 Å². The molecule has 37 heavy (non-hydrogen) atoms. The van der Waals surface area contributed by atoms with Gasteiger partial charge in [-0.15, -0.1) is 0 Å². The Labute approximate surface area is 218 Å². The summed E-state index contributed by atoms with van der Waals surface area (Å²) in [5.74, 6) is -0.00932. The minimum atomic E-state index is -1.21. The fourth-order valence-electron chi connectivity index (χ4n) is 6.65. The second-order valence-corrected chi connectivity index (χ2v) is 11.9. The number of ether oxygens (including phenoxy) is 2. The van der Waals surface area contributed by atoms with Gasteiger partial charge in [-0.05, 0) is 89.0 Å². The van der Waals surface area contributed by atoms with Crippen molar-refractivity contribution in [2.45, 2.75) is 83.0 Å². The zero-order chi connectivity index (χ0) is 26.6. The van der Waals surface area contributed by atoms with Crippen LogP contribution >= 0.6 is 0 Å². The Morgan fingerprint density at radius 1 is 1.14 bits per heavy atom. The highest BCUT2D eigenvalue weighted by Crippen LogP contribution is 2.62. The monoisotopic (exact) mass is 510 g/mol. The number of likely N-dealkylation sites (N-methyl/N-ethyl adjacent to an activating group) is 1. The standard InChI is InChI=1S/C28H38N4O5/c1-26(2,3)37-25(35)29-24-30-28(23(34)31(24)4)21-16-18(22(33)32-14-6-7-15-32)8-9-19(21)17-27(28)12-10-20(36-5)11-13-27/h8-9,16,20H,6-7,10-15,17H2,1-5H3,(H,29,30,35). The van der Waals surface area contributed by atoms with E-state index in [4.69, 9.17) is 14.5 Å². The highest BCUT2D eigenvalue weighted by Gasteiger charge is 2.66. The summed E-state index contributed by atoms with van der Waals surface area (Å²) in [5, 5.41) is 2.72. The fraction of sp³-hybridized carbons (Fsp3) is 0.643. The molecule has 1 aromatic rings. The van der Waals surface area contributed by atoms with E-state index in [-0.39, 0.29) is 23.9 Å². The number of hydrogen-bond acceptors (Lipinski definition) is 6. The molecule has 0 radical (unpaired) electrons. The molecule has 1 atom stereocenters. The number of carbonyl (C=O) groups is 3. The first-order valence-corrected chi connectivity index (χ1v) is 13.3. The van der Waals surface area contributed by atoms with Crippen molar-refractivity contribution in [2.75, 3.05) is 27.2 Å². The molecule has 3 amide bonds. The van der Waals surface area contributed by atoms with Crippen LogP contribution in [0.15, 0.2) is 23.2 Å². The molecule has 1 saturated heterocycles. The van der Waals surface area contributed by atoms with Crippen molar-refractivity contribution in [3.8, 4) is 0 Å². The number of nitrogens with one attached hydrogen (secondary N) is 1. The van der Waals surface area contributed by atoms with Crippen LogP contribution in [-0.2, 0) is 26.2 Å². The summed E-state index contributed by atoms with van der Waals surface area (Å²) in [7, 11) is 3.37. The number of methoxy groups -OCH3 is 1. The molecular formula is C28H38N4O5. The van der Waals surface area contributed by atoms with Gasteiger partial charge < -0.3 is 14.4 Å². The van der Waals surface area contributed by atoms with Crippen molar-refractivity contribution in [1.82, 2.24) is 15.1 Å². The Kier molecular flexibility index (Phi) is 6.33. The van der Waals surface area contributed by atoms with Gasteiger partial charge in [0.2, 0.25) is 5.96 Å². The summed E-state index contributed by atoms with van der Waals surface area (Å²) >= 11 is 0. The minimum Gasteiger partial charge on any atom is -0.444 e. The van der Waals surface area contributed by atoms with E-state index < -0.39 is 22.6 Å². The van der Waals surface area contributed by atoms with Gasteiger partial charge in [0.05, 0.1) is 6.10 Å². The number of guanidine groups is 1. The number of carbonyl (C=O) groups excluding carboxylic acids is 3. The lowest BCUT2D eigenvalue weighted by atomic mass is 9.61. The predicted octanol–water partition coefficient (Wildman–Crippen LogP) is 3.60. The molecule has 2 fully saturated rings. The summed E-state index contributed by atoms with van der Waals surface area (Å²) in [6.45, 7) is 6.87.